The lowest BCUT2D eigenvalue weighted by Crippen LogP contribution is -2.29. The van der Waals surface area contributed by atoms with Crippen molar-refractivity contribution in [3.8, 4) is 6.07 Å². The Bertz CT molecular complexity index is 544. The van der Waals surface area contributed by atoms with Gasteiger partial charge in [0.05, 0.1) is 11.0 Å². The normalized spacial score (nSPS) is 10.6. The second kappa shape index (κ2) is 4.84. The second-order valence-electron chi connectivity index (χ2n) is 4.47. The molecule has 0 aliphatic rings. The van der Waals surface area contributed by atoms with Gasteiger partial charge in [0.2, 0.25) is 5.91 Å². The maximum Gasteiger partial charge on any atom is 0.293 e. The third kappa shape index (κ3) is 2.83. The molecule has 0 aliphatic heterocycles. The molecule has 1 aromatic carbocycles. The van der Waals surface area contributed by atoms with Gasteiger partial charge in [-0.25, -0.2) is 0 Å². The molecular formula is C12H13N3O3. The molecule has 1 aromatic rings. The Morgan fingerprint density at radius 1 is 1.50 bits per heavy atom. The summed E-state index contributed by atoms with van der Waals surface area (Å²) >= 11 is 0. The molecule has 1 amide bonds. The van der Waals surface area contributed by atoms with Gasteiger partial charge in [0.25, 0.3) is 5.69 Å². The predicted octanol–water partition coefficient (Wildman–Crippen LogP) is 2.39. The van der Waals surface area contributed by atoms with Gasteiger partial charge in [-0.3, -0.25) is 14.9 Å². The highest BCUT2D eigenvalue weighted by Crippen LogP contribution is 2.27. The van der Waals surface area contributed by atoms with Crippen LogP contribution in [0.15, 0.2) is 18.2 Å². The molecule has 0 aromatic heterocycles. The van der Waals surface area contributed by atoms with Gasteiger partial charge in [-0.1, -0.05) is 6.07 Å². The summed E-state index contributed by atoms with van der Waals surface area (Å²) in [6.45, 7) is 4.61. The first-order chi connectivity index (χ1) is 8.27. The van der Waals surface area contributed by atoms with Gasteiger partial charge in [0, 0.05) is 6.07 Å². The van der Waals surface area contributed by atoms with E-state index in [0.717, 1.165) is 5.56 Å². The fourth-order valence-electron chi connectivity index (χ4n) is 1.23. The predicted molar refractivity (Wildman–Crippen MR) is 65.9 cm³/mol. The number of carbonyl (C=O) groups excluding carboxylic acids is 1. The topological polar surface area (TPSA) is 96.0 Å². The highest BCUT2D eigenvalue weighted by atomic mass is 16.6. The summed E-state index contributed by atoms with van der Waals surface area (Å²) in [5.41, 5.74) is -0.603. The van der Waals surface area contributed by atoms with Crippen molar-refractivity contribution in [2.45, 2.75) is 20.8 Å². The number of carbonyl (C=O) groups is 1. The summed E-state index contributed by atoms with van der Waals surface area (Å²) in [6.07, 6.45) is 0. The second-order valence-corrected chi connectivity index (χ2v) is 4.47. The Kier molecular flexibility index (Phi) is 3.67. The number of benzene rings is 1. The Hall–Kier alpha value is -2.42. The highest BCUT2D eigenvalue weighted by Gasteiger charge is 2.29. The van der Waals surface area contributed by atoms with E-state index in [-0.39, 0.29) is 11.4 Å². The maximum atomic E-state index is 11.8. The van der Waals surface area contributed by atoms with Crippen LogP contribution in [0.4, 0.5) is 11.4 Å². The van der Waals surface area contributed by atoms with Gasteiger partial charge >= 0.3 is 0 Å². The molecule has 1 N–H and O–H groups in total. The molecule has 6 nitrogen and oxygen atoms in total. The third-order valence-corrected chi connectivity index (χ3v) is 2.45. The van der Waals surface area contributed by atoms with E-state index in [1.165, 1.54) is 26.0 Å². The molecule has 94 valence electrons. The zero-order chi connectivity index (χ0) is 13.9. The molecule has 0 bridgehead atoms. The zero-order valence-electron chi connectivity index (χ0n) is 10.4. The van der Waals surface area contributed by atoms with Crippen molar-refractivity contribution in [3.05, 3.63) is 33.9 Å². The van der Waals surface area contributed by atoms with Crippen molar-refractivity contribution in [2.24, 2.45) is 5.41 Å². The largest absolute Gasteiger partial charge is 0.319 e. The van der Waals surface area contributed by atoms with E-state index < -0.39 is 16.2 Å². The van der Waals surface area contributed by atoms with Gasteiger partial charge in [0.15, 0.2) is 0 Å². The standard InChI is InChI=1S/C12H13N3O3/c1-8-4-5-9(10(6-8)15(17)18)14-11(16)12(2,3)7-13/h4-6H,1-3H3,(H,14,16). The summed E-state index contributed by atoms with van der Waals surface area (Å²) in [4.78, 5) is 22.1. The molecule has 0 saturated carbocycles. The van der Waals surface area contributed by atoms with E-state index in [4.69, 9.17) is 5.26 Å². The number of aryl methyl sites for hydroxylation is 1. The lowest BCUT2D eigenvalue weighted by atomic mass is 9.94. The summed E-state index contributed by atoms with van der Waals surface area (Å²) in [5, 5.41) is 22.1. The van der Waals surface area contributed by atoms with E-state index in [0.29, 0.717) is 0 Å². The molecule has 1 rings (SSSR count). The Labute approximate surface area is 104 Å². The Balaban J connectivity index is 3.10. The molecule has 0 fully saturated rings. The number of nitrogens with zero attached hydrogens (tertiary/aromatic N) is 2. The average molecular weight is 247 g/mol. The van der Waals surface area contributed by atoms with Crippen molar-refractivity contribution in [1.82, 2.24) is 0 Å². The van der Waals surface area contributed by atoms with E-state index >= 15 is 0 Å². The highest BCUT2D eigenvalue weighted by molar-refractivity contribution is 5.98. The molecule has 6 heteroatoms. The lowest BCUT2D eigenvalue weighted by Gasteiger charge is -2.15. The molecule has 0 saturated heterocycles. The van der Waals surface area contributed by atoms with E-state index in [1.54, 1.807) is 13.0 Å². The van der Waals surface area contributed by atoms with Crippen LogP contribution in [0.5, 0.6) is 0 Å². The number of hydrogen-bond acceptors (Lipinski definition) is 4. The smallest absolute Gasteiger partial charge is 0.293 e. The number of nitriles is 1. The summed E-state index contributed by atoms with van der Waals surface area (Å²) in [6, 6.07) is 6.32. The van der Waals surface area contributed by atoms with Gasteiger partial charge in [0.1, 0.15) is 11.1 Å². The van der Waals surface area contributed by atoms with Crippen LogP contribution in [-0.4, -0.2) is 10.8 Å². The average Bonchev–Trinajstić information content (AvgIpc) is 2.31. The molecular weight excluding hydrogens is 234 g/mol. The van der Waals surface area contributed by atoms with Crippen LogP contribution >= 0.6 is 0 Å². The van der Waals surface area contributed by atoms with Crippen molar-refractivity contribution in [1.29, 1.82) is 5.26 Å². The number of nitro benzene ring substituents is 1. The lowest BCUT2D eigenvalue weighted by molar-refractivity contribution is -0.384. The summed E-state index contributed by atoms with van der Waals surface area (Å²) in [5.74, 6) is -0.572. The molecule has 18 heavy (non-hydrogen) atoms. The monoisotopic (exact) mass is 247 g/mol. The minimum Gasteiger partial charge on any atom is -0.319 e. The third-order valence-electron chi connectivity index (χ3n) is 2.45. The number of nitrogens with one attached hydrogen (secondary N) is 1. The van der Waals surface area contributed by atoms with Crippen LogP contribution in [0.2, 0.25) is 0 Å². The molecule has 0 heterocycles. The van der Waals surface area contributed by atoms with Crippen LogP contribution in [0.3, 0.4) is 0 Å². The first kappa shape index (κ1) is 13.6. The van der Waals surface area contributed by atoms with Gasteiger partial charge in [-0.2, -0.15) is 5.26 Å². The van der Waals surface area contributed by atoms with Crippen molar-refractivity contribution in [3.63, 3.8) is 0 Å². The van der Waals surface area contributed by atoms with Gasteiger partial charge in [-0.05, 0) is 32.4 Å². The number of anilines is 1. The number of rotatable bonds is 3. The molecule has 0 aliphatic carbocycles. The van der Waals surface area contributed by atoms with Crippen LogP contribution in [0.25, 0.3) is 0 Å². The number of nitro groups is 1. The van der Waals surface area contributed by atoms with E-state index in [9.17, 15) is 14.9 Å². The fourth-order valence-corrected chi connectivity index (χ4v) is 1.23. The quantitative estimate of drug-likeness (QED) is 0.655. The van der Waals surface area contributed by atoms with Crippen LogP contribution < -0.4 is 5.32 Å². The molecule has 0 atom stereocenters. The molecule has 0 unspecified atom stereocenters. The SMILES string of the molecule is Cc1ccc(NC(=O)C(C)(C)C#N)c([N+](=O)[O-])c1. The summed E-state index contributed by atoms with van der Waals surface area (Å²) in [7, 11) is 0. The number of hydrogen-bond donors (Lipinski definition) is 1. The van der Waals surface area contributed by atoms with Crippen molar-refractivity contribution >= 4 is 17.3 Å². The first-order valence-electron chi connectivity index (χ1n) is 5.25. The van der Waals surface area contributed by atoms with Crippen LogP contribution in [0.1, 0.15) is 19.4 Å². The summed E-state index contributed by atoms with van der Waals surface area (Å²) < 4.78 is 0. The first-order valence-corrected chi connectivity index (χ1v) is 5.25. The van der Waals surface area contributed by atoms with Crippen LogP contribution in [-0.2, 0) is 4.79 Å². The van der Waals surface area contributed by atoms with Gasteiger partial charge in [-0.15, -0.1) is 0 Å². The van der Waals surface area contributed by atoms with Crippen LogP contribution in [0, 0.1) is 33.8 Å². The number of amides is 1. The fraction of sp³-hybridized carbons (Fsp3) is 0.333. The Morgan fingerprint density at radius 3 is 2.61 bits per heavy atom. The zero-order valence-corrected chi connectivity index (χ0v) is 10.4. The molecule has 0 radical (unpaired) electrons. The maximum absolute atomic E-state index is 11.8. The van der Waals surface area contributed by atoms with Crippen molar-refractivity contribution < 1.29 is 9.72 Å². The minimum absolute atomic E-state index is 0.0962. The van der Waals surface area contributed by atoms with E-state index in [2.05, 4.69) is 5.32 Å². The Morgan fingerprint density at radius 2 is 2.11 bits per heavy atom. The van der Waals surface area contributed by atoms with Crippen molar-refractivity contribution in [2.75, 3.05) is 5.32 Å². The minimum atomic E-state index is -1.24. The molecule has 0 spiro atoms. The van der Waals surface area contributed by atoms with E-state index in [1.807, 2.05) is 6.07 Å². The van der Waals surface area contributed by atoms with Gasteiger partial charge < -0.3 is 5.32 Å².